The smallest absolute Gasteiger partial charge is 0.310 e. The molecule has 0 aromatic rings. The minimum absolute atomic E-state index is 0.0443. The summed E-state index contributed by atoms with van der Waals surface area (Å²) in [7, 11) is 0. The Morgan fingerprint density at radius 1 is 1.22 bits per heavy atom. The number of hydrogen-bond acceptors (Lipinski definition) is 3. The first kappa shape index (κ1) is 12.5. The van der Waals surface area contributed by atoms with E-state index in [4.69, 9.17) is 10.5 Å². The Kier molecular flexibility index (Phi) is 2.92. The second kappa shape index (κ2) is 4.22. The van der Waals surface area contributed by atoms with E-state index in [1.54, 1.807) is 0 Å². The predicted molar refractivity (Wildman–Crippen MR) is 69.5 cm³/mol. The normalized spacial score (nSPS) is 52.2. The Labute approximate surface area is 109 Å². The molecule has 3 fully saturated rings. The van der Waals surface area contributed by atoms with Crippen molar-refractivity contribution in [2.45, 2.75) is 58.1 Å². The number of hydrogen-bond donors (Lipinski definition) is 1. The van der Waals surface area contributed by atoms with Crippen LogP contribution in [0.1, 0.15) is 52.4 Å². The summed E-state index contributed by atoms with van der Waals surface area (Å²) in [6, 6.07) is 0. The molecule has 0 aromatic heterocycles. The molecule has 2 saturated carbocycles. The Balaban J connectivity index is 1.98. The fourth-order valence-electron chi connectivity index (χ4n) is 4.82. The first-order valence-electron chi connectivity index (χ1n) is 7.53. The molecule has 1 heterocycles. The third-order valence-corrected chi connectivity index (χ3v) is 5.65. The first-order chi connectivity index (χ1) is 8.51. The highest BCUT2D eigenvalue weighted by Gasteiger charge is 2.56. The third-order valence-electron chi connectivity index (χ3n) is 5.65. The van der Waals surface area contributed by atoms with Gasteiger partial charge in [0.25, 0.3) is 0 Å². The molecular formula is C15H25NO2. The summed E-state index contributed by atoms with van der Waals surface area (Å²) in [5.74, 6) is 2.09. The van der Waals surface area contributed by atoms with Crippen molar-refractivity contribution in [3.63, 3.8) is 0 Å². The summed E-state index contributed by atoms with van der Waals surface area (Å²) >= 11 is 0. The zero-order valence-corrected chi connectivity index (χ0v) is 11.5. The van der Waals surface area contributed by atoms with Gasteiger partial charge in [0, 0.05) is 12.3 Å². The molecule has 0 amide bonds. The lowest BCUT2D eigenvalue weighted by atomic mass is 9.61. The molecule has 3 heteroatoms. The van der Waals surface area contributed by atoms with Gasteiger partial charge in [0.15, 0.2) is 5.72 Å². The average Bonchev–Trinajstić information content (AvgIpc) is 2.44. The molecule has 0 bridgehead atoms. The minimum Gasteiger partial charge on any atom is -0.444 e. The molecule has 3 rings (SSSR count). The quantitative estimate of drug-likeness (QED) is 0.673. The summed E-state index contributed by atoms with van der Waals surface area (Å²) in [5.41, 5.74) is 5.88. The van der Waals surface area contributed by atoms with Crippen LogP contribution in [0.15, 0.2) is 0 Å². The lowest BCUT2D eigenvalue weighted by Crippen LogP contribution is -2.62. The Morgan fingerprint density at radius 2 is 2.00 bits per heavy atom. The average molecular weight is 251 g/mol. The number of rotatable bonds is 0. The highest BCUT2D eigenvalue weighted by molar-refractivity contribution is 5.74. The van der Waals surface area contributed by atoms with Gasteiger partial charge in [-0.25, -0.2) is 0 Å². The number of carbonyl (C=O) groups is 1. The summed E-state index contributed by atoms with van der Waals surface area (Å²) in [6.45, 7) is 4.27. The predicted octanol–water partition coefficient (Wildman–Crippen LogP) is 2.69. The van der Waals surface area contributed by atoms with E-state index in [9.17, 15) is 4.79 Å². The second-order valence-corrected chi connectivity index (χ2v) is 6.93. The van der Waals surface area contributed by atoms with E-state index >= 15 is 0 Å². The molecule has 1 saturated heterocycles. The SMILES string of the molecule is CC1CCC2CCCC3C(C)C(=O)OC(N)(C1)C23. The molecular weight excluding hydrogens is 226 g/mol. The van der Waals surface area contributed by atoms with Crippen molar-refractivity contribution < 1.29 is 9.53 Å². The standard InChI is InChI=1S/C15H25NO2/c1-9-6-7-11-4-3-5-12-10(2)14(17)18-15(16,8-9)13(11)12/h9-13H,3-8,16H2,1-2H3. The molecule has 0 aromatic carbocycles. The Bertz CT molecular complexity index is 356. The van der Waals surface area contributed by atoms with Gasteiger partial charge in [-0.2, -0.15) is 0 Å². The molecule has 2 N–H and O–H groups in total. The van der Waals surface area contributed by atoms with Crippen LogP contribution in [0, 0.1) is 29.6 Å². The Hall–Kier alpha value is -0.570. The summed E-state index contributed by atoms with van der Waals surface area (Å²) in [6.07, 6.45) is 7.04. The van der Waals surface area contributed by atoms with Crippen LogP contribution >= 0.6 is 0 Å². The van der Waals surface area contributed by atoms with Crippen LogP contribution < -0.4 is 5.73 Å². The maximum absolute atomic E-state index is 12.1. The van der Waals surface area contributed by atoms with E-state index in [0.717, 1.165) is 12.8 Å². The lowest BCUT2D eigenvalue weighted by Gasteiger charge is -2.52. The topological polar surface area (TPSA) is 52.3 Å². The molecule has 6 atom stereocenters. The van der Waals surface area contributed by atoms with Crippen molar-refractivity contribution in [2.24, 2.45) is 35.3 Å². The molecule has 6 unspecified atom stereocenters. The van der Waals surface area contributed by atoms with Gasteiger partial charge in [-0.05, 0) is 37.0 Å². The first-order valence-corrected chi connectivity index (χ1v) is 7.53. The molecule has 102 valence electrons. The van der Waals surface area contributed by atoms with Crippen molar-refractivity contribution in [3.05, 3.63) is 0 Å². The van der Waals surface area contributed by atoms with Crippen LogP contribution in [0.4, 0.5) is 0 Å². The number of ether oxygens (including phenoxy) is 1. The van der Waals surface area contributed by atoms with Gasteiger partial charge in [-0.15, -0.1) is 0 Å². The third kappa shape index (κ3) is 1.78. The van der Waals surface area contributed by atoms with Crippen LogP contribution in [0.2, 0.25) is 0 Å². The maximum atomic E-state index is 12.1. The zero-order chi connectivity index (χ0) is 12.9. The summed E-state index contributed by atoms with van der Waals surface area (Å²) in [5, 5.41) is 0. The van der Waals surface area contributed by atoms with Gasteiger partial charge < -0.3 is 4.74 Å². The van der Waals surface area contributed by atoms with Crippen LogP contribution in [0.25, 0.3) is 0 Å². The van der Waals surface area contributed by atoms with Gasteiger partial charge in [-0.3, -0.25) is 10.5 Å². The zero-order valence-electron chi connectivity index (χ0n) is 11.5. The number of nitrogens with two attached hydrogens (primary N) is 1. The van der Waals surface area contributed by atoms with Crippen molar-refractivity contribution in [1.29, 1.82) is 0 Å². The van der Waals surface area contributed by atoms with Crippen LogP contribution in [0.3, 0.4) is 0 Å². The van der Waals surface area contributed by atoms with Crippen LogP contribution in [0.5, 0.6) is 0 Å². The van der Waals surface area contributed by atoms with Gasteiger partial charge in [-0.1, -0.05) is 26.7 Å². The summed E-state index contributed by atoms with van der Waals surface area (Å²) in [4.78, 5) is 12.1. The van der Waals surface area contributed by atoms with E-state index in [-0.39, 0.29) is 11.9 Å². The minimum atomic E-state index is -0.671. The van der Waals surface area contributed by atoms with Crippen molar-refractivity contribution in [1.82, 2.24) is 0 Å². The molecule has 3 aliphatic rings. The maximum Gasteiger partial charge on any atom is 0.310 e. The van der Waals surface area contributed by atoms with Gasteiger partial charge in [0.2, 0.25) is 0 Å². The fourth-order valence-corrected chi connectivity index (χ4v) is 4.82. The molecule has 18 heavy (non-hydrogen) atoms. The summed E-state index contributed by atoms with van der Waals surface area (Å²) < 4.78 is 5.72. The monoisotopic (exact) mass is 251 g/mol. The highest BCUT2D eigenvalue weighted by atomic mass is 16.6. The second-order valence-electron chi connectivity index (χ2n) is 6.93. The largest absolute Gasteiger partial charge is 0.444 e. The lowest BCUT2D eigenvalue weighted by molar-refractivity contribution is -0.204. The molecule has 0 radical (unpaired) electrons. The van der Waals surface area contributed by atoms with Crippen LogP contribution in [-0.4, -0.2) is 11.7 Å². The fraction of sp³-hybridized carbons (Fsp3) is 0.933. The molecule has 0 spiro atoms. The van der Waals surface area contributed by atoms with Gasteiger partial charge >= 0.3 is 5.97 Å². The molecule has 2 aliphatic carbocycles. The van der Waals surface area contributed by atoms with Crippen molar-refractivity contribution in [3.8, 4) is 0 Å². The van der Waals surface area contributed by atoms with E-state index in [0.29, 0.717) is 23.7 Å². The van der Waals surface area contributed by atoms with Crippen molar-refractivity contribution >= 4 is 5.97 Å². The van der Waals surface area contributed by atoms with E-state index in [2.05, 4.69) is 6.92 Å². The van der Waals surface area contributed by atoms with E-state index in [1.807, 2.05) is 6.92 Å². The number of carbonyl (C=O) groups excluding carboxylic acids is 1. The van der Waals surface area contributed by atoms with E-state index < -0.39 is 5.72 Å². The van der Waals surface area contributed by atoms with Gasteiger partial charge in [0.05, 0.1) is 5.92 Å². The Morgan fingerprint density at radius 3 is 2.78 bits per heavy atom. The van der Waals surface area contributed by atoms with E-state index in [1.165, 1.54) is 25.7 Å². The highest BCUT2D eigenvalue weighted by Crippen LogP contribution is 2.53. The van der Waals surface area contributed by atoms with Crippen LogP contribution in [-0.2, 0) is 9.53 Å². The van der Waals surface area contributed by atoms with Gasteiger partial charge in [0.1, 0.15) is 0 Å². The molecule has 3 nitrogen and oxygen atoms in total. The van der Waals surface area contributed by atoms with Crippen molar-refractivity contribution in [2.75, 3.05) is 0 Å². The molecule has 1 aliphatic heterocycles. The number of esters is 1.